The third-order valence-corrected chi connectivity index (χ3v) is 3.09. The minimum absolute atomic E-state index is 0.0466. The van der Waals surface area contributed by atoms with Crippen LogP contribution in [0.1, 0.15) is 18.9 Å². The molecule has 1 aromatic carbocycles. The zero-order chi connectivity index (χ0) is 14.4. The maximum atomic E-state index is 11.8. The van der Waals surface area contributed by atoms with Gasteiger partial charge in [0.05, 0.1) is 18.6 Å². The van der Waals surface area contributed by atoms with Gasteiger partial charge in [-0.25, -0.2) is 0 Å². The Morgan fingerprint density at radius 3 is 2.75 bits per heavy atom. The third-order valence-electron chi connectivity index (χ3n) is 3.09. The Bertz CT molecular complexity index is 486. The molecule has 2 rings (SSSR count). The van der Waals surface area contributed by atoms with Crippen LogP contribution in [0, 0.1) is 0 Å². The Morgan fingerprint density at radius 1 is 1.40 bits per heavy atom. The smallest absolute Gasteiger partial charge is 0.308 e. The highest BCUT2D eigenvalue weighted by atomic mass is 16.7. The number of esters is 1. The Kier molecular flexibility index (Phi) is 4.63. The first-order chi connectivity index (χ1) is 9.64. The number of rotatable bonds is 6. The van der Waals surface area contributed by atoms with Gasteiger partial charge in [0.2, 0.25) is 6.79 Å². The van der Waals surface area contributed by atoms with Crippen molar-refractivity contribution in [2.75, 3.05) is 13.4 Å². The van der Waals surface area contributed by atoms with E-state index in [1.54, 1.807) is 6.92 Å². The van der Waals surface area contributed by atoms with Crippen LogP contribution in [0.15, 0.2) is 42.4 Å². The van der Waals surface area contributed by atoms with Crippen molar-refractivity contribution in [1.82, 2.24) is 0 Å². The molecule has 20 heavy (non-hydrogen) atoms. The summed E-state index contributed by atoms with van der Waals surface area (Å²) >= 11 is 0. The number of benzene rings is 1. The van der Waals surface area contributed by atoms with Gasteiger partial charge < -0.3 is 19.9 Å². The predicted molar refractivity (Wildman–Crippen MR) is 73.4 cm³/mol. The summed E-state index contributed by atoms with van der Waals surface area (Å²) in [5.74, 6) is 0.136. The minimum Gasteiger partial charge on any atom is -0.466 e. The highest BCUT2D eigenvalue weighted by molar-refractivity contribution is 5.71. The topological polar surface area (TPSA) is 70.8 Å². The quantitative estimate of drug-likeness (QED) is 0.802. The van der Waals surface area contributed by atoms with Gasteiger partial charge in [0.25, 0.3) is 0 Å². The molecule has 1 aromatic rings. The number of carbonyl (C=O) groups is 1. The highest BCUT2D eigenvalue weighted by Gasteiger charge is 2.37. The van der Waals surface area contributed by atoms with E-state index >= 15 is 0 Å². The molecule has 0 saturated heterocycles. The molecule has 0 radical (unpaired) electrons. The fourth-order valence-corrected chi connectivity index (χ4v) is 2.17. The molecular formula is C15H19NO4. The van der Waals surface area contributed by atoms with Gasteiger partial charge in [-0.05, 0) is 18.9 Å². The van der Waals surface area contributed by atoms with Crippen molar-refractivity contribution in [3.8, 4) is 0 Å². The van der Waals surface area contributed by atoms with Crippen LogP contribution in [0.3, 0.4) is 0 Å². The molecular weight excluding hydrogens is 258 g/mol. The second kappa shape index (κ2) is 6.43. The Labute approximate surface area is 118 Å². The number of hydrogen-bond donors (Lipinski definition) is 1. The standard InChI is InChI=1S/C15H19NO4/c1-2-19-14(17)9-15(16,13-10-18-11-20-13)8-12-6-4-3-5-7-12/h3-7,10H,2,8-9,11,16H2,1H3/t15-/m0/s1. The summed E-state index contributed by atoms with van der Waals surface area (Å²) in [7, 11) is 0. The molecule has 0 aromatic heterocycles. The number of hydrogen-bond acceptors (Lipinski definition) is 5. The number of nitrogens with two attached hydrogens (primary N) is 1. The van der Waals surface area contributed by atoms with Crippen LogP contribution in [0.5, 0.6) is 0 Å². The first-order valence-electron chi connectivity index (χ1n) is 6.57. The zero-order valence-corrected chi connectivity index (χ0v) is 11.5. The monoisotopic (exact) mass is 277 g/mol. The maximum Gasteiger partial charge on any atom is 0.308 e. The lowest BCUT2D eigenvalue weighted by atomic mass is 9.87. The summed E-state index contributed by atoms with van der Waals surface area (Å²) in [6, 6.07) is 9.72. The SMILES string of the molecule is CCOC(=O)C[C@@](N)(Cc1ccccc1)C1=COCO1. The molecule has 0 bridgehead atoms. The lowest BCUT2D eigenvalue weighted by Crippen LogP contribution is -2.46. The van der Waals surface area contributed by atoms with E-state index < -0.39 is 5.54 Å². The van der Waals surface area contributed by atoms with Crippen molar-refractivity contribution >= 4 is 5.97 Å². The third kappa shape index (κ3) is 3.51. The van der Waals surface area contributed by atoms with Gasteiger partial charge >= 0.3 is 5.97 Å². The molecule has 0 spiro atoms. The van der Waals surface area contributed by atoms with Crippen LogP contribution in [-0.4, -0.2) is 24.9 Å². The molecule has 1 aliphatic heterocycles. The molecule has 2 N–H and O–H groups in total. The van der Waals surface area contributed by atoms with Crippen LogP contribution in [0.25, 0.3) is 0 Å². The van der Waals surface area contributed by atoms with E-state index in [1.165, 1.54) is 6.26 Å². The van der Waals surface area contributed by atoms with Crippen molar-refractivity contribution in [3.63, 3.8) is 0 Å². The second-order valence-electron chi connectivity index (χ2n) is 4.71. The first-order valence-corrected chi connectivity index (χ1v) is 6.57. The van der Waals surface area contributed by atoms with Crippen molar-refractivity contribution in [3.05, 3.63) is 47.9 Å². The maximum absolute atomic E-state index is 11.8. The van der Waals surface area contributed by atoms with E-state index in [9.17, 15) is 4.79 Å². The molecule has 0 aliphatic carbocycles. The summed E-state index contributed by atoms with van der Waals surface area (Å²) in [6.07, 6.45) is 1.99. The lowest BCUT2D eigenvalue weighted by Gasteiger charge is -2.28. The normalized spacial score (nSPS) is 16.6. The van der Waals surface area contributed by atoms with E-state index in [-0.39, 0.29) is 19.2 Å². The van der Waals surface area contributed by atoms with Crippen LogP contribution in [0.4, 0.5) is 0 Å². The molecule has 1 atom stereocenters. The summed E-state index contributed by atoms with van der Waals surface area (Å²) in [5.41, 5.74) is 6.46. The van der Waals surface area contributed by atoms with Gasteiger partial charge in [-0.3, -0.25) is 4.79 Å². The molecule has 1 heterocycles. The molecule has 5 nitrogen and oxygen atoms in total. The summed E-state index contributed by atoms with van der Waals surface area (Å²) in [6.45, 7) is 2.23. The molecule has 0 fully saturated rings. The van der Waals surface area contributed by atoms with Crippen molar-refractivity contribution in [2.24, 2.45) is 5.73 Å². The van der Waals surface area contributed by atoms with E-state index in [0.717, 1.165) is 5.56 Å². The van der Waals surface area contributed by atoms with Crippen molar-refractivity contribution < 1.29 is 19.0 Å². The minimum atomic E-state index is -0.954. The summed E-state index contributed by atoms with van der Waals surface area (Å²) in [4.78, 5) is 11.8. The predicted octanol–water partition coefficient (Wildman–Crippen LogP) is 1.73. The summed E-state index contributed by atoms with van der Waals surface area (Å²) < 4.78 is 15.4. The Morgan fingerprint density at radius 2 is 2.15 bits per heavy atom. The largest absolute Gasteiger partial charge is 0.466 e. The van der Waals surface area contributed by atoms with E-state index in [2.05, 4.69) is 0 Å². The van der Waals surface area contributed by atoms with Crippen LogP contribution < -0.4 is 5.73 Å². The average molecular weight is 277 g/mol. The molecule has 5 heteroatoms. The van der Waals surface area contributed by atoms with E-state index in [1.807, 2.05) is 30.3 Å². The van der Waals surface area contributed by atoms with Crippen molar-refractivity contribution in [1.29, 1.82) is 0 Å². The fraction of sp³-hybridized carbons (Fsp3) is 0.400. The van der Waals surface area contributed by atoms with Crippen LogP contribution in [-0.2, 0) is 25.4 Å². The second-order valence-corrected chi connectivity index (χ2v) is 4.71. The van der Waals surface area contributed by atoms with E-state index in [4.69, 9.17) is 19.9 Å². The zero-order valence-electron chi connectivity index (χ0n) is 11.5. The van der Waals surface area contributed by atoms with Gasteiger partial charge in [-0.15, -0.1) is 0 Å². The van der Waals surface area contributed by atoms with E-state index in [0.29, 0.717) is 18.8 Å². The Balaban J connectivity index is 2.17. The highest BCUT2D eigenvalue weighted by Crippen LogP contribution is 2.27. The van der Waals surface area contributed by atoms with Crippen molar-refractivity contribution in [2.45, 2.75) is 25.3 Å². The first kappa shape index (κ1) is 14.4. The molecule has 108 valence electrons. The molecule has 0 unspecified atom stereocenters. The van der Waals surface area contributed by atoms with Gasteiger partial charge in [0, 0.05) is 0 Å². The lowest BCUT2D eigenvalue weighted by molar-refractivity contribution is -0.144. The van der Waals surface area contributed by atoms with Gasteiger partial charge in [0.15, 0.2) is 5.76 Å². The van der Waals surface area contributed by atoms with Crippen LogP contribution in [0.2, 0.25) is 0 Å². The molecule has 0 amide bonds. The van der Waals surface area contributed by atoms with Gasteiger partial charge in [-0.1, -0.05) is 30.3 Å². The Hall–Kier alpha value is -2.01. The number of ether oxygens (including phenoxy) is 3. The average Bonchev–Trinajstić information content (AvgIpc) is 2.94. The molecule has 0 saturated carbocycles. The van der Waals surface area contributed by atoms with Crippen LogP contribution >= 0.6 is 0 Å². The summed E-state index contributed by atoms with van der Waals surface area (Å²) in [5, 5.41) is 0. The number of carbonyl (C=O) groups excluding carboxylic acids is 1. The van der Waals surface area contributed by atoms with Gasteiger partial charge in [-0.2, -0.15) is 0 Å². The molecule has 1 aliphatic rings. The fourth-order valence-electron chi connectivity index (χ4n) is 2.17. The van der Waals surface area contributed by atoms with Gasteiger partial charge in [0.1, 0.15) is 6.26 Å².